The van der Waals surface area contributed by atoms with Gasteiger partial charge in [-0.05, 0) is 79.0 Å². The Labute approximate surface area is 256 Å². The van der Waals surface area contributed by atoms with Gasteiger partial charge in [0.1, 0.15) is 22.5 Å². The number of benzene rings is 2. The lowest BCUT2D eigenvalue weighted by atomic mass is 9.71. The Hall–Kier alpha value is -2.72. The van der Waals surface area contributed by atoms with Gasteiger partial charge >= 0.3 is 18.0 Å². The molecule has 0 spiro atoms. The van der Waals surface area contributed by atoms with Crippen LogP contribution in [0.5, 0.6) is 0 Å². The molecule has 0 aromatic heterocycles. The van der Waals surface area contributed by atoms with E-state index in [0.29, 0.717) is 29.9 Å². The molecule has 2 fully saturated rings. The number of fused-ring (bicyclic) bond motifs is 3. The van der Waals surface area contributed by atoms with Crippen LogP contribution in [0.4, 0.5) is 35.1 Å². The average molecular weight is 686 g/mol. The first kappa shape index (κ1) is 33.6. The molecule has 246 valence electrons. The van der Waals surface area contributed by atoms with Gasteiger partial charge in [0.15, 0.2) is 9.84 Å². The van der Waals surface area contributed by atoms with Crippen molar-refractivity contribution in [3.63, 3.8) is 0 Å². The second-order valence-electron chi connectivity index (χ2n) is 11.6. The number of aryl methyl sites for hydroxylation is 1. The highest BCUT2D eigenvalue weighted by atomic mass is 32.2. The third-order valence-electron chi connectivity index (χ3n) is 9.32. The first-order valence-corrected chi connectivity index (χ1v) is 16.5. The lowest BCUT2D eigenvalue weighted by molar-refractivity contribution is -0.348. The van der Waals surface area contributed by atoms with Crippen LogP contribution in [0.25, 0.3) is 0 Å². The molecule has 16 heteroatoms. The van der Waals surface area contributed by atoms with E-state index in [1.165, 1.54) is 11.8 Å². The molecule has 2 aromatic carbocycles. The average Bonchev–Trinajstić information content (AvgIpc) is 3.30. The summed E-state index contributed by atoms with van der Waals surface area (Å²) in [5.74, 6) is -3.32. The number of hydrogen-bond donors (Lipinski definition) is 2. The number of aldehydes is 1. The minimum absolute atomic E-state index is 0.103. The molecule has 1 aliphatic heterocycles. The number of carbonyl (C=O) groups excluding carboxylic acids is 2. The van der Waals surface area contributed by atoms with Gasteiger partial charge in [-0.25, -0.2) is 17.2 Å². The van der Waals surface area contributed by atoms with Crippen molar-refractivity contribution in [2.24, 2.45) is 11.8 Å². The Balaban J connectivity index is 1.70. The molecule has 1 amide bonds. The fourth-order valence-corrected chi connectivity index (χ4v) is 10.9. The van der Waals surface area contributed by atoms with E-state index in [9.17, 15) is 53.8 Å². The maximum atomic E-state index is 15.0. The van der Waals surface area contributed by atoms with Crippen LogP contribution in [0.2, 0.25) is 0 Å². The summed E-state index contributed by atoms with van der Waals surface area (Å²) in [5.41, 5.74) is -10.0. The van der Waals surface area contributed by atoms with E-state index in [-0.39, 0.29) is 49.3 Å². The van der Waals surface area contributed by atoms with Crippen LogP contribution >= 0.6 is 11.8 Å². The van der Waals surface area contributed by atoms with Gasteiger partial charge in [-0.2, -0.15) is 38.1 Å². The summed E-state index contributed by atoms with van der Waals surface area (Å²) in [6.45, 7) is 0. The van der Waals surface area contributed by atoms with Crippen LogP contribution in [0, 0.1) is 17.7 Å². The Kier molecular flexibility index (Phi) is 8.38. The predicted molar refractivity (Wildman–Crippen MR) is 146 cm³/mol. The highest BCUT2D eigenvalue weighted by Crippen LogP contribution is 2.61. The topological polar surface area (TPSA) is 101 Å². The fraction of sp³-hybridized carbons (Fsp3) is 0.517. The van der Waals surface area contributed by atoms with Gasteiger partial charge in [-0.15, -0.1) is 0 Å². The highest BCUT2D eigenvalue weighted by Gasteiger charge is 2.74. The number of halogens is 8. The lowest BCUT2D eigenvalue weighted by Gasteiger charge is -2.44. The van der Waals surface area contributed by atoms with Crippen molar-refractivity contribution in [2.45, 2.75) is 71.4 Å². The van der Waals surface area contributed by atoms with Crippen molar-refractivity contribution in [3.05, 3.63) is 65.0 Å². The van der Waals surface area contributed by atoms with E-state index in [1.807, 2.05) is 0 Å². The van der Waals surface area contributed by atoms with Crippen LogP contribution in [0.15, 0.2) is 47.4 Å². The van der Waals surface area contributed by atoms with Crippen molar-refractivity contribution in [1.82, 2.24) is 5.32 Å². The summed E-state index contributed by atoms with van der Waals surface area (Å²) in [4.78, 5) is 25.5. The van der Waals surface area contributed by atoms with Gasteiger partial charge in [0, 0.05) is 23.4 Å². The Morgan fingerprint density at radius 1 is 0.978 bits per heavy atom. The number of sulfone groups is 1. The smallest absolute Gasteiger partial charge is 0.380 e. The van der Waals surface area contributed by atoms with E-state index in [0.717, 1.165) is 24.3 Å². The van der Waals surface area contributed by atoms with E-state index in [1.54, 1.807) is 0 Å². The molecule has 1 saturated heterocycles. The third kappa shape index (κ3) is 5.05. The molecule has 1 unspecified atom stereocenters. The van der Waals surface area contributed by atoms with E-state index < -0.39 is 78.3 Å². The molecule has 45 heavy (non-hydrogen) atoms. The van der Waals surface area contributed by atoms with Crippen molar-refractivity contribution >= 4 is 33.8 Å². The summed E-state index contributed by atoms with van der Waals surface area (Å²) >= 11 is 1.52. The molecular weight excluding hydrogens is 658 g/mol. The van der Waals surface area contributed by atoms with Crippen LogP contribution in [0.1, 0.15) is 42.4 Å². The van der Waals surface area contributed by atoms with E-state index in [4.69, 9.17) is 0 Å². The van der Waals surface area contributed by atoms with Gasteiger partial charge in [0.25, 0.3) is 5.91 Å². The molecule has 2 aromatic rings. The molecule has 1 saturated carbocycles. The van der Waals surface area contributed by atoms with Crippen molar-refractivity contribution < 1.29 is 58.2 Å². The molecule has 0 bridgehead atoms. The molecule has 5 rings (SSSR count). The van der Waals surface area contributed by atoms with E-state index >= 15 is 4.39 Å². The van der Waals surface area contributed by atoms with Crippen molar-refractivity contribution in [2.75, 3.05) is 11.5 Å². The molecule has 4 atom stereocenters. The Morgan fingerprint density at radius 2 is 1.58 bits per heavy atom. The maximum Gasteiger partial charge on any atom is 0.435 e. The van der Waals surface area contributed by atoms with Crippen molar-refractivity contribution in [1.29, 1.82) is 0 Å². The first-order chi connectivity index (χ1) is 20.8. The van der Waals surface area contributed by atoms with Gasteiger partial charge < -0.3 is 15.2 Å². The summed E-state index contributed by atoms with van der Waals surface area (Å²) < 4.78 is 137. The number of amides is 1. The standard InChI is InChI=1S/C29H27F8NO5S2/c30-19-3-5-20(6-4-19)45(42,43)26-18(15-39)14-23(38-24(40)25(41)9-11-44-12-10-25)22(26)7-1-16-13-17(2-8-21(16)26)27(31,28(32,33)34)29(35,36)37/h2-6,8,13,15,18,22-23,41H,1,7,9-12,14H2,(H,38,40)/t18?,22-,23+,26-/m0/s1. The molecule has 2 aliphatic carbocycles. The SMILES string of the molecule is O=CC1C[C@@H](NC(=O)C2(O)CCSCC2)[C@@H]2CCc3cc(C(F)(C(F)(F)F)C(F)(F)F)ccc3[C@@]12S(=O)(=O)c1ccc(F)cc1. The number of hydrogen-bond acceptors (Lipinski definition) is 6. The number of rotatable bonds is 6. The number of thioether (sulfide) groups is 1. The molecule has 1 heterocycles. The van der Waals surface area contributed by atoms with Gasteiger partial charge in [0.2, 0.25) is 0 Å². The van der Waals surface area contributed by atoms with Gasteiger partial charge in [-0.1, -0.05) is 18.2 Å². The summed E-state index contributed by atoms with van der Waals surface area (Å²) in [7, 11) is -4.82. The molecule has 3 aliphatic rings. The number of alkyl halides is 7. The largest absolute Gasteiger partial charge is 0.435 e. The van der Waals surface area contributed by atoms with Crippen molar-refractivity contribution in [3.8, 4) is 0 Å². The van der Waals surface area contributed by atoms with E-state index in [2.05, 4.69) is 5.32 Å². The molecule has 0 radical (unpaired) electrons. The minimum atomic E-state index is -6.42. The molecule has 2 N–H and O–H groups in total. The zero-order valence-corrected chi connectivity index (χ0v) is 24.9. The van der Waals surface area contributed by atoms with Crippen LogP contribution in [-0.2, 0) is 36.3 Å². The monoisotopic (exact) mass is 685 g/mol. The molecular formula is C29H27F8NO5S2. The second-order valence-corrected chi connectivity index (χ2v) is 15.0. The molecule has 6 nitrogen and oxygen atoms in total. The second kappa shape index (κ2) is 11.2. The lowest BCUT2D eigenvalue weighted by Crippen LogP contribution is -2.56. The minimum Gasteiger partial charge on any atom is -0.380 e. The van der Waals surface area contributed by atoms with Crippen LogP contribution < -0.4 is 5.32 Å². The normalized spacial score (nSPS) is 26.9. The number of carbonyl (C=O) groups is 2. The fourth-order valence-electron chi connectivity index (χ4n) is 7.10. The van der Waals surface area contributed by atoms with Crippen LogP contribution in [-0.4, -0.2) is 61.2 Å². The van der Waals surface area contributed by atoms with Gasteiger partial charge in [-0.3, -0.25) is 4.79 Å². The maximum absolute atomic E-state index is 15.0. The number of aliphatic hydroxyl groups is 1. The summed E-state index contributed by atoms with van der Waals surface area (Å²) in [6, 6.07) is 3.61. The first-order valence-electron chi connectivity index (χ1n) is 13.9. The zero-order chi connectivity index (χ0) is 33.2. The Morgan fingerprint density at radius 3 is 2.13 bits per heavy atom. The predicted octanol–water partition coefficient (Wildman–Crippen LogP) is 5.31. The summed E-state index contributed by atoms with van der Waals surface area (Å²) in [6.07, 6.45) is -13.2. The van der Waals surface area contributed by atoms with Gasteiger partial charge in [0.05, 0.1) is 4.90 Å². The van der Waals surface area contributed by atoms with Crippen LogP contribution in [0.3, 0.4) is 0 Å². The third-order valence-corrected chi connectivity index (χ3v) is 12.9. The Bertz CT molecular complexity index is 1580. The number of nitrogens with one attached hydrogen (secondary N) is 1. The highest BCUT2D eigenvalue weighted by molar-refractivity contribution is 7.99. The quantitative estimate of drug-likeness (QED) is 0.243. The zero-order valence-electron chi connectivity index (χ0n) is 23.2. The summed E-state index contributed by atoms with van der Waals surface area (Å²) in [5, 5.41) is 13.7.